The highest BCUT2D eigenvalue weighted by Gasteiger charge is 2.69. The first-order chi connectivity index (χ1) is 18.4. The maximum absolute atomic E-state index is 13.9. The molecule has 0 radical (unpaired) electrons. The molecular formula is C29H32N2O7S. The molecule has 6 atom stereocenters. The van der Waals surface area contributed by atoms with Crippen molar-refractivity contribution in [3.05, 3.63) is 40.3 Å². The van der Waals surface area contributed by atoms with Crippen molar-refractivity contribution in [3.8, 4) is 16.2 Å². The number of rotatable bonds is 6. The van der Waals surface area contributed by atoms with Crippen LogP contribution in [0.25, 0.3) is 10.4 Å². The minimum atomic E-state index is -2.72. The lowest BCUT2D eigenvalue weighted by atomic mass is 9.52. The summed E-state index contributed by atoms with van der Waals surface area (Å²) in [6, 6.07) is 6.13. The Morgan fingerprint density at radius 1 is 1.13 bits per heavy atom. The molecule has 6 unspecified atom stereocenters. The zero-order valence-electron chi connectivity index (χ0n) is 22.1. The van der Waals surface area contributed by atoms with Crippen molar-refractivity contribution < 1.29 is 34.2 Å². The predicted octanol–water partition coefficient (Wildman–Crippen LogP) is 1.94. The molecule has 3 aliphatic rings. The Labute approximate surface area is 230 Å². The first-order valence-corrected chi connectivity index (χ1v) is 14.0. The Morgan fingerprint density at radius 2 is 1.85 bits per heavy atom. The number of hydrogen-bond acceptors (Lipinski definition) is 9. The van der Waals surface area contributed by atoms with E-state index >= 15 is 0 Å². The van der Waals surface area contributed by atoms with E-state index in [-0.39, 0.29) is 24.2 Å². The molecule has 1 aromatic heterocycles. The lowest BCUT2D eigenvalue weighted by molar-refractivity contribution is -0.181. The number of primary amides is 1. The van der Waals surface area contributed by atoms with Crippen LogP contribution in [0.2, 0.25) is 0 Å². The lowest BCUT2D eigenvalue weighted by Crippen LogP contribution is -2.74. The third kappa shape index (κ3) is 3.99. The Morgan fingerprint density at radius 3 is 2.49 bits per heavy atom. The van der Waals surface area contributed by atoms with Crippen LogP contribution < -0.4 is 5.73 Å². The molecule has 0 aliphatic heterocycles. The van der Waals surface area contributed by atoms with Crippen LogP contribution in [0.1, 0.15) is 47.0 Å². The number of ketones is 4. The standard InChI is InChI=1S/C29H32N2O7S/c1-4-5-6-14-7-10-19(39-14)15-8-9-18(32)21-16(15)11-13-12-17-23(31(2)3)25(34)22(28(30)37)27(36)29(17,38)26(35)20(13)24(21)33/h7-10,13,17,20,22-23,32,38H,4-6,11-12H2,1-3H3,(H2,30,37). The monoisotopic (exact) mass is 552 g/mol. The number of amides is 1. The second kappa shape index (κ2) is 9.76. The number of thiophene rings is 1. The first kappa shape index (κ1) is 27.4. The summed E-state index contributed by atoms with van der Waals surface area (Å²) in [6.45, 7) is 2.13. The van der Waals surface area contributed by atoms with Gasteiger partial charge in [-0.25, -0.2) is 0 Å². The van der Waals surface area contributed by atoms with E-state index in [2.05, 4.69) is 13.0 Å². The van der Waals surface area contributed by atoms with Gasteiger partial charge in [-0.2, -0.15) is 0 Å². The average molecular weight is 553 g/mol. The molecule has 9 nitrogen and oxygen atoms in total. The van der Waals surface area contributed by atoms with E-state index in [4.69, 9.17) is 5.73 Å². The molecule has 0 spiro atoms. The van der Waals surface area contributed by atoms with Crippen LogP contribution >= 0.6 is 11.3 Å². The third-order valence-electron chi connectivity index (χ3n) is 8.65. The molecule has 2 aromatic rings. The number of aromatic hydroxyl groups is 1. The first-order valence-electron chi connectivity index (χ1n) is 13.2. The highest BCUT2D eigenvalue weighted by Crippen LogP contribution is 2.52. The number of fused-ring (bicyclic) bond motifs is 3. The quantitative estimate of drug-likeness (QED) is 0.459. The van der Waals surface area contributed by atoms with Gasteiger partial charge >= 0.3 is 0 Å². The van der Waals surface area contributed by atoms with Gasteiger partial charge in [-0.1, -0.05) is 13.3 Å². The van der Waals surface area contributed by atoms with Gasteiger partial charge in [0.25, 0.3) is 0 Å². The summed E-state index contributed by atoms with van der Waals surface area (Å²) in [7, 11) is 3.13. The largest absolute Gasteiger partial charge is 0.507 e. The molecule has 206 valence electrons. The number of phenols is 1. The van der Waals surface area contributed by atoms with Gasteiger partial charge in [-0.3, -0.25) is 28.9 Å². The molecule has 1 heterocycles. The molecular weight excluding hydrogens is 520 g/mol. The normalized spacial score (nSPS) is 30.2. The Bertz CT molecular complexity index is 1410. The van der Waals surface area contributed by atoms with E-state index in [0.29, 0.717) is 5.56 Å². The summed E-state index contributed by atoms with van der Waals surface area (Å²) in [5.74, 6) is -10.3. The summed E-state index contributed by atoms with van der Waals surface area (Å²) < 4.78 is 0. The number of unbranched alkanes of at least 4 members (excludes halogenated alkanes) is 1. The van der Waals surface area contributed by atoms with Gasteiger partial charge in [-0.05, 0) is 81.1 Å². The van der Waals surface area contributed by atoms with Crippen LogP contribution in [0.4, 0.5) is 0 Å². The number of aliphatic hydroxyl groups is 1. The van der Waals surface area contributed by atoms with Crippen LogP contribution in [0.3, 0.4) is 0 Å². The van der Waals surface area contributed by atoms with Crippen molar-refractivity contribution >= 4 is 40.4 Å². The van der Waals surface area contributed by atoms with E-state index in [9.17, 15) is 34.2 Å². The summed E-state index contributed by atoms with van der Waals surface area (Å²) in [5, 5.41) is 22.4. The van der Waals surface area contributed by atoms with E-state index in [0.717, 1.165) is 29.7 Å². The van der Waals surface area contributed by atoms with Gasteiger partial charge in [0.2, 0.25) is 5.91 Å². The maximum Gasteiger partial charge on any atom is 0.235 e. The van der Waals surface area contributed by atoms with Crippen LogP contribution in [-0.2, 0) is 32.0 Å². The van der Waals surface area contributed by atoms with Crippen LogP contribution in [-0.4, -0.2) is 69.9 Å². The third-order valence-corrected chi connectivity index (χ3v) is 9.83. The number of nitrogens with two attached hydrogens (primary N) is 1. The van der Waals surface area contributed by atoms with Crippen molar-refractivity contribution in [2.24, 2.45) is 29.4 Å². The van der Waals surface area contributed by atoms with Crippen molar-refractivity contribution in [2.75, 3.05) is 14.1 Å². The Hall–Kier alpha value is -3.21. The van der Waals surface area contributed by atoms with Gasteiger partial charge in [0.15, 0.2) is 34.7 Å². The van der Waals surface area contributed by atoms with Crippen molar-refractivity contribution in [1.29, 1.82) is 0 Å². The van der Waals surface area contributed by atoms with Crippen molar-refractivity contribution in [1.82, 2.24) is 4.90 Å². The number of hydrogen-bond donors (Lipinski definition) is 3. The van der Waals surface area contributed by atoms with Crippen LogP contribution in [0, 0.1) is 23.7 Å². The molecule has 2 fully saturated rings. The van der Waals surface area contributed by atoms with Gasteiger partial charge in [0, 0.05) is 15.7 Å². The SMILES string of the molecule is CCCCc1ccc(-c2ccc(O)c3c2CC2CC4C(N(C)C)C(=O)C(C(N)=O)C(=O)C4(O)C(=O)C2C3=O)s1. The molecule has 0 bridgehead atoms. The molecule has 4 N–H and O–H groups in total. The van der Waals surface area contributed by atoms with Crippen LogP contribution in [0.5, 0.6) is 5.75 Å². The smallest absolute Gasteiger partial charge is 0.235 e. The molecule has 10 heteroatoms. The van der Waals surface area contributed by atoms with Crippen molar-refractivity contribution in [2.45, 2.75) is 50.7 Å². The lowest BCUT2D eigenvalue weighted by Gasteiger charge is -2.52. The molecule has 1 amide bonds. The average Bonchev–Trinajstić information content (AvgIpc) is 3.33. The van der Waals surface area contributed by atoms with Gasteiger partial charge < -0.3 is 15.9 Å². The molecule has 39 heavy (non-hydrogen) atoms. The molecule has 5 rings (SSSR count). The van der Waals surface area contributed by atoms with E-state index < -0.39 is 64.4 Å². The number of carbonyl (C=O) groups excluding carboxylic acids is 5. The Balaban J connectivity index is 1.61. The van der Waals surface area contributed by atoms with Gasteiger partial charge in [0.05, 0.1) is 17.5 Å². The summed E-state index contributed by atoms with van der Waals surface area (Å²) in [5.41, 5.74) is 4.07. The molecule has 0 saturated heterocycles. The predicted molar refractivity (Wildman–Crippen MR) is 143 cm³/mol. The number of likely N-dealkylation sites (N-methyl/N-ethyl adjacent to an activating group) is 1. The second-order valence-electron chi connectivity index (χ2n) is 11.1. The topological polar surface area (TPSA) is 155 Å². The fourth-order valence-electron chi connectivity index (χ4n) is 6.84. The number of carbonyl (C=O) groups is 5. The van der Waals surface area contributed by atoms with Gasteiger partial charge in [-0.15, -0.1) is 11.3 Å². The number of phenolic OH excluding ortho intramolecular Hbond substituents is 1. The fourth-order valence-corrected chi connectivity index (χ4v) is 7.95. The highest BCUT2D eigenvalue weighted by molar-refractivity contribution is 7.15. The summed E-state index contributed by atoms with van der Waals surface area (Å²) >= 11 is 1.62. The van der Waals surface area contributed by atoms with Crippen LogP contribution in [0.15, 0.2) is 24.3 Å². The zero-order chi connectivity index (χ0) is 28.4. The number of benzene rings is 1. The highest BCUT2D eigenvalue weighted by atomic mass is 32.1. The minimum Gasteiger partial charge on any atom is -0.507 e. The zero-order valence-corrected chi connectivity index (χ0v) is 22.9. The molecule has 1 aromatic carbocycles. The summed E-state index contributed by atoms with van der Waals surface area (Å²) in [4.78, 5) is 70.1. The second-order valence-corrected chi connectivity index (χ2v) is 12.3. The van der Waals surface area contributed by atoms with E-state index in [1.165, 1.54) is 15.8 Å². The molecule has 3 aliphatic carbocycles. The van der Waals surface area contributed by atoms with E-state index in [1.807, 2.05) is 6.07 Å². The number of nitrogens with zero attached hydrogens (tertiary/aromatic N) is 1. The molecule has 2 saturated carbocycles. The summed E-state index contributed by atoms with van der Waals surface area (Å²) in [6.07, 6.45) is 3.35. The van der Waals surface area contributed by atoms with Crippen molar-refractivity contribution in [3.63, 3.8) is 0 Å². The minimum absolute atomic E-state index is 0.0163. The number of Topliss-reactive ketones (excluding diaryl/α,β-unsaturated/α-hetero) is 4. The Kier molecular flexibility index (Phi) is 6.85. The fraction of sp³-hybridized carbons (Fsp3) is 0.483. The number of aryl methyl sites for hydroxylation is 1. The van der Waals surface area contributed by atoms with E-state index in [1.54, 1.807) is 31.5 Å². The maximum atomic E-state index is 13.9. The van der Waals surface area contributed by atoms with Gasteiger partial charge in [0.1, 0.15) is 5.75 Å².